The van der Waals surface area contributed by atoms with E-state index in [4.69, 9.17) is 15.2 Å². The monoisotopic (exact) mass is 432 g/mol. The standard InChI is InChI=1S/C22H28N2O5S/c1-28-19-13-17(14-20(15-19)29-2)4-3-16-9-11-24(12-10-16)30(26,27)21-7-5-18(6-8-21)22(23)25/h5-8,13-16H,3-4,9-12H2,1-2H3,(H2,23,25). The molecule has 0 saturated carbocycles. The summed E-state index contributed by atoms with van der Waals surface area (Å²) in [7, 11) is -0.295. The molecule has 3 rings (SSSR count). The number of carbonyl (C=O) groups excluding carboxylic acids is 1. The van der Waals surface area contributed by atoms with Crippen LogP contribution in [0.1, 0.15) is 35.2 Å². The minimum atomic E-state index is -3.56. The Bertz CT molecular complexity index is 959. The largest absolute Gasteiger partial charge is 0.497 e. The van der Waals surface area contributed by atoms with Crippen molar-refractivity contribution in [3.05, 3.63) is 53.6 Å². The number of nitrogens with two attached hydrogens (primary N) is 1. The van der Waals surface area contributed by atoms with Gasteiger partial charge in [0.15, 0.2) is 0 Å². The van der Waals surface area contributed by atoms with Gasteiger partial charge in [-0.3, -0.25) is 4.79 Å². The number of aryl methyl sites for hydroxylation is 1. The number of carbonyl (C=O) groups is 1. The molecular weight excluding hydrogens is 404 g/mol. The van der Waals surface area contributed by atoms with Gasteiger partial charge in [-0.2, -0.15) is 4.31 Å². The molecule has 1 aliphatic rings. The zero-order valence-electron chi connectivity index (χ0n) is 17.3. The van der Waals surface area contributed by atoms with Gasteiger partial charge in [-0.25, -0.2) is 8.42 Å². The maximum Gasteiger partial charge on any atom is 0.248 e. The van der Waals surface area contributed by atoms with Gasteiger partial charge in [0.05, 0.1) is 19.1 Å². The number of primary amides is 1. The molecule has 1 aliphatic heterocycles. The Kier molecular flexibility index (Phi) is 6.99. The zero-order chi connectivity index (χ0) is 21.7. The van der Waals surface area contributed by atoms with Gasteiger partial charge < -0.3 is 15.2 Å². The molecule has 0 bridgehead atoms. The molecule has 0 aromatic heterocycles. The number of rotatable bonds is 8. The van der Waals surface area contributed by atoms with Crippen molar-refractivity contribution in [3.63, 3.8) is 0 Å². The van der Waals surface area contributed by atoms with Crippen molar-refractivity contribution < 1.29 is 22.7 Å². The first-order chi connectivity index (χ1) is 14.3. The average molecular weight is 433 g/mol. The minimum Gasteiger partial charge on any atom is -0.497 e. The summed E-state index contributed by atoms with van der Waals surface area (Å²) in [6.07, 6.45) is 3.51. The molecule has 2 aromatic carbocycles. The highest BCUT2D eigenvalue weighted by Crippen LogP contribution is 2.29. The number of ether oxygens (including phenoxy) is 2. The molecule has 0 radical (unpaired) electrons. The number of amides is 1. The fourth-order valence-electron chi connectivity index (χ4n) is 3.76. The van der Waals surface area contributed by atoms with Gasteiger partial charge in [0.25, 0.3) is 0 Å². The van der Waals surface area contributed by atoms with Crippen LogP contribution in [0.15, 0.2) is 47.4 Å². The first kappa shape index (κ1) is 22.1. The number of nitrogens with zero attached hydrogens (tertiary/aromatic N) is 1. The highest BCUT2D eigenvalue weighted by atomic mass is 32.2. The topological polar surface area (TPSA) is 98.9 Å². The normalized spacial score (nSPS) is 15.7. The molecule has 1 heterocycles. The predicted octanol–water partition coefficient (Wildman–Crippen LogP) is 2.84. The van der Waals surface area contributed by atoms with Gasteiger partial charge in [-0.1, -0.05) is 0 Å². The van der Waals surface area contributed by atoms with Crippen LogP contribution >= 0.6 is 0 Å². The molecule has 0 aliphatic carbocycles. The maximum atomic E-state index is 12.9. The van der Waals surface area contributed by atoms with Crippen LogP contribution in [-0.2, 0) is 16.4 Å². The fourth-order valence-corrected chi connectivity index (χ4v) is 5.23. The van der Waals surface area contributed by atoms with E-state index in [0.717, 1.165) is 42.7 Å². The predicted molar refractivity (Wildman–Crippen MR) is 114 cm³/mol. The van der Waals surface area contributed by atoms with E-state index in [1.54, 1.807) is 14.2 Å². The van der Waals surface area contributed by atoms with Gasteiger partial charge in [0, 0.05) is 24.7 Å². The van der Waals surface area contributed by atoms with Crippen molar-refractivity contribution in [2.75, 3.05) is 27.3 Å². The van der Waals surface area contributed by atoms with Crippen molar-refractivity contribution in [1.82, 2.24) is 4.31 Å². The van der Waals surface area contributed by atoms with E-state index >= 15 is 0 Å². The van der Waals surface area contributed by atoms with Gasteiger partial charge in [0.2, 0.25) is 15.9 Å². The Morgan fingerprint density at radius 2 is 1.60 bits per heavy atom. The lowest BCUT2D eigenvalue weighted by atomic mass is 9.91. The third-order valence-corrected chi connectivity index (χ3v) is 7.52. The van der Waals surface area contributed by atoms with Crippen LogP contribution < -0.4 is 15.2 Å². The second-order valence-corrected chi connectivity index (χ2v) is 9.43. The van der Waals surface area contributed by atoms with Gasteiger partial charge in [0.1, 0.15) is 11.5 Å². The summed E-state index contributed by atoms with van der Waals surface area (Å²) in [5.74, 6) is 1.43. The number of piperidine rings is 1. The van der Waals surface area contributed by atoms with Crippen molar-refractivity contribution in [1.29, 1.82) is 0 Å². The molecule has 162 valence electrons. The summed E-state index contributed by atoms with van der Waals surface area (Å²) in [6.45, 7) is 0.984. The quantitative estimate of drug-likeness (QED) is 0.692. The first-order valence-corrected chi connectivity index (χ1v) is 11.4. The van der Waals surface area contributed by atoms with Crippen molar-refractivity contribution in [2.24, 2.45) is 11.7 Å². The SMILES string of the molecule is COc1cc(CCC2CCN(S(=O)(=O)c3ccc(C(N)=O)cc3)CC2)cc(OC)c1. The van der Waals surface area contributed by atoms with Gasteiger partial charge in [-0.05, 0) is 73.6 Å². The lowest BCUT2D eigenvalue weighted by Gasteiger charge is -2.31. The van der Waals surface area contributed by atoms with Crippen LogP contribution in [0, 0.1) is 5.92 Å². The molecule has 2 aromatic rings. The molecule has 2 N–H and O–H groups in total. The van der Waals surface area contributed by atoms with E-state index in [1.165, 1.54) is 28.6 Å². The molecule has 0 unspecified atom stereocenters. The Labute approximate surface area is 177 Å². The Morgan fingerprint density at radius 3 is 2.10 bits per heavy atom. The molecule has 1 fully saturated rings. The van der Waals surface area contributed by atoms with E-state index in [0.29, 0.717) is 24.6 Å². The van der Waals surface area contributed by atoms with Crippen LogP contribution in [-0.4, -0.2) is 45.9 Å². The summed E-state index contributed by atoms with van der Waals surface area (Å²) < 4.78 is 37.9. The molecule has 30 heavy (non-hydrogen) atoms. The van der Waals surface area contributed by atoms with Crippen molar-refractivity contribution in [2.45, 2.75) is 30.6 Å². The van der Waals surface area contributed by atoms with Crippen LogP contribution in [0.4, 0.5) is 0 Å². The number of benzene rings is 2. The molecule has 7 nitrogen and oxygen atoms in total. The van der Waals surface area contributed by atoms with Gasteiger partial charge >= 0.3 is 0 Å². The first-order valence-electron chi connectivity index (χ1n) is 9.95. The molecule has 1 amide bonds. The van der Waals surface area contributed by atoms with E-state index < -0.39 is 15.9 Å². The lowest BCUT2D eigenvalue weighted by molar-refractivity contribution is 0.1000. The molecule has 0 spiro atoms. The van der Waals surface area contributed by atoms with Crippen molar-refractivity contribution in [3.8, 4) is 11.5 Å². The highest BCUT2D eigenvalue weighted by molar-refractivity contribution is 7.89. The molecular formula is C22H28N2O5S. The summed E-state index contributed by atoms with van der Waals surface area (Å²) >= 11 is 0. The second kappa shape index (κ2) is 9.49. The molecule has 0 atom stereocenters. The van der Waals surface area contributed by atoms with Crippen LogP contribution in [0.5, 0.6) is 11.5 Å². The Morgan fingerprint density at radius 1 is 1.03 bits per heavy atom. The summed E-state index contributed by atoms with van der Waals surface area (Å²) in [5, 5.41) is 0. The second-order valence-electron chi connectivity index (χ2n) is 7.50. The third kappa shape index (κ3) is 5.12. The molecule has 1 saturated heterocycles. The summed E-state index contributed by atoms with van der Waals surface area (Å²) in [4.78, 5) is 11.4. The highest BCUT2D eigenvalue weighted by Gasteiger charge is 2.29. The molecule has 8 heteroatoms. The van der Waals surface area contributed by atoms with E-state index in [1.807, 2.05) is 18.2 Å². The average Bonchev–Trinajstić information content (AvgIpc) is 2.77. The van der Waals surface area contributed by atoms with E-state index in [-0.39, 0.29) is 4.90 Å². The maximum absolute atomic E-state index is 12.9. The zero-order valence-corrected chi connectivity index (χ0v) is 18.2. The lowest BCUT2D eigenvalue weighted by Crippen LogP contribution is -2.38. The minimum absolute atomic E-state index is 0.189. The Balaban J connectivity index is 1.57. The Hall–Kier alpha value is -2.58. The number of methoxy groups -OCH3 is 2. The van der Waals surface area contributed by atoms with Gasteiger partial charge in [-0.15, -0.1) is 0 Å². The number of hydrogen-bond donors (Lipinski definition) is 1. The van der Waals surface area contributed by atoms with E-state index in [2.05, 4.69) is 0 Å². The fraction of sp³-hybridized carbons (Fsp3) is 0.409. The third-order valence-electron chi connectivity index (χ3n) is 5.60. The smallest absolute Gasteiger partial charge is 0.248 e. The van der Waals surface area contributed by atoms with Crippen LogP contribution in [0.3, 0.4) is 0 Å². The number of sulfonamides is 1. The van der Waals surface area contributed by atoms with Crippen LogP contribution in [0.2, 0.25) is 0 Å². The van der Waals surface area contributed by atoms with Crippen LogP contribution in [0.25, 0.3) is 0 Å². The summed E-state index contributed by atoms with van der Waals surface area (Å²) in [6, 6.07) is 11.7. The number of hydrogen-bond acceptors (Lipinski definition) is 5. The summed E-state index contributed by atoms with van der Waals surface area (Å²) in [5.41, 5.74) is 6.66. The van der Waals surface area contributed by atoms with Crippen molar-refractivity contribution >= 4 is 15.9 Å². The van der Waals surface area contributed by atoms with E-state index in [9.17, 15) is 13.2 Å².